The smallest absolute Gasteiger partial charge is 0.193 e. The van der Waals surface area contributed by atoms with E-state index in [0.717, 1.165) is 22.6 Å². The minimum atomic E-state index is 0. The molecule has 0 saturated carbocycles. The highest BCUT2D eigenvalue weighted by Gasteiger charge is 2.11. The first kappa shape index (κ1) is 20.8. The summed E-state index contributed by atoms with van der Waals surface area (Å²) in [6.07, 6.45) is 2.52. The fourth-order valence-corrected chi connectivity index (χ4v) is 2.39. The Morgan fingerprint density at radius 3 is 2.52 bits per heavy atom. The highest BCUT2D eigenvalue weighted by molar-refractivity contribution is 14.0. The van der Waals surface area contributed by atoms with Crippen molar-refractivity contribution in [3.8, 4) is 11.5 Å². The van der Waals surface area contributed by atoms with Crippen LogP contribution >= 0.6 is 24.0 Å². The molecule has 0 heterocycles. The Morgan fingerprint density at radius 1 is 1.20 bits per heavy atom. The first-order valence-corrected chi connectivity index (χ1v) is 7.64. The molecule has 2 aromatic rings. The third-order valence-corrected chi connectivity index (χ3v) is 3.46. The second-order valence-corrected chi connectivity index (χ2v) is 5.18. The molecule has 2 rings (SSSR count). The second-order valence-electron chi connectivity index (χ2n) is 5.18. The fourth-order valence-electron chi connectivity index (χ4n) is 2.39. The summed E-state index contributed by atoms with van der Waals surface area (Å²) in [5.74, 6) is 1.76. The van der Waals surface area contributed by atoms with Crippen LogP contribution in [-0.2, 0) is 13.0 Å². The van der Waals surface area contributed by atoms with Gasteiger partial charge in [0.2, 0.25) is 0 Å². The minimum absolute atomic E-state index is 0. The first-order chi connectivity index (χ1) is 11.7. The van der Waals surface area contributed by atoms with Crippen molar-refractivity contribution in [3.05, 3.63) is 66.2 Å². The van der Waals surface area contributed by atoms with Gasteiger partial charge in [0.15, 0.2) is 17.5 Å². The monoisotopic (exact) mass is 453 g/mol. The molecule has 134 valence electrons. The third-order valence-electron chi connectivity index (χ3n) is 3.46. The average molecular weight is 453 g/mol. The fraction of sp³-hybridized carbons (Fsp3) is 0.211. The van der Waals surface area contributed by atoms with Crippen LogP contribution in [0.25, 0.3) is 0 Å². The molecule has 3 N–H and O–H groups in total. The van der Waals surface area contributed by atoms with Crippen molar-refractivity contribution in [1.29, 1.82) is 0 Å². The SMILES string of the molecule is C=CCc1cc(CN=C(N)Nc2ccccc2)cc(OC)c1OC.I. The molecular formula is C19H24IN3O2. The number of ether oxygens (including phenoxy) is 2. The standard InChI is InChI=1S/C19H23N3O2.HI/c1-4-8-15-11-14(12-17(23-2)18(15)24-3)13-21-19(20)22-16-9-6-5-7-10-16;/h4-7,9-12H,1,8,13H2,2-3H3,(H3,20,21,22);1H. The van der Waals surface area contributed by atoms with Crippen molar-refractivity contribution < 1.29 is 9.47 Å². The predicted molar refractivity (Wildman–Crippen MR) is 114 cm³/mol. The Kier molecular flexibility index (Phi) is 8.83. The largest absolute Gasteiger partial charge is 0.493 e. The Morgan fingerprint density at radius 2 is 1.92 bits per heavy atom. The zero-order valence-electron chi connectivity index (χ0n) is 14.5. The van der Waals surface area contributed by atoms with E-state index in [2.05, 4.69) is 16.9 Å². The lowest BCUT2D eigenvalue weighted by molar-refractivity contribution is 0.352. The number of anilines is 1. The Bertz CT molecular complexity index is 718. The summed E-state index contributed by atoms with van der Waals surface area (Å²) in [5, 5.41) is 3.06. The molecule has 6 heteroatoms. The van der Waals surface area contributed by atoms with Crippen molar-refractivity contribution in [2.75, 3.05) is 19.5 Å². The molecule has 0 spiro atoms. The van der Waals surface area contributed by atoms with Crippen molar-refractivity contribution in [3.63, 3.8) is 0 Å². The number of nitrogens with zero attached hydrogens (tertiary/aromatic N) is 1. The molecule has 0 saturated heterocycles. The zero-order chi connectivity index (χ0) is 17.4. The topological polar surface area (TPSA) is 68.9 Å². The molecule has 5 nitrogen and oxygen atoms in total. The summed E-state index contributed by atoms with van der Waals surface area (Å²) in [6, 6.07) is 13.6. The van der Waals surface area contributed by atoms with Gasteiger partial charge >= 0.3 is 0 Å². The molecule has 0 aliphatic heterocycles. The molecule has 0 atom stereocenters. The van der Waals surface area contributed by atoms with Gasteiger partial charge in [0.1, 0.15) is 0 Å². The molecule has 0 amide bonds. The molecule has 25 heavy (non-hydrogen) atoms. The normalized spacial score (nSPS) is 10.6. The van der Waals surface area contributed by atoms with Crippen LogP contribution in [0.15, 0.2) is 60.1 Å². The average Bonchev–Trinajstić information content (AvgIpc) is 2.60. The molecule has 0 bridgehead atoms. The summed E-state index contributed by atoms with van der Waals surface area (Å²) in [5.41, 5.74) is 8.84. The number of allylic oxidation sites excluding steroid dienone is 1. The second kappa shape index (κ2) is 10.6. The minimum Gasteiger partial charge on any atom is -0.493 e. The van der Waals surface area contributed by atoms with Gasteiger partial charge in [-0.15, -0.1) is 30.6 Å². The highest BCUT2D eigenvalue weighted by atomic mass is 127. The first-order valence-electron chi connectivity index (χ1n) is 7.64. The maximum Gasteiger partial charge on any atom is 0.193 e. The lowest BCUT2D eigenvalue weighted by Crippen LogP contribution is -2.22. The number of guanidine groups is 1. The number of hydrogen-bond donors (Lipinski definition) is 2. The van der Waals surface area contributed by atoms with Crippen LogP contribution in [0.2, 0.25) is 0 Å². The molecule has 0 radical (unpaired) electrons. The van der Waals surface area contributed by atoms with Gasteiger partial charge in [-0.3, -0.25) is 0 Å². The number of hydrogen-bond acceptors (Lipinski definition) is 3. The van der Waals surface area contributed by atoms with Gasteiger partial charge in [-0.1, -0.05) is 24.3 Å². The van der Waals surface area contributed by atoms with Crippen LogP contribution in [0.3, 0.4) is 0 Å². The van der Waals surface area contributed by atoms with Gasteiger partial charge in [-0.2, -0.15) is 0 Å². The molecular weight excluding hydrogens is 429 g/mol. The molecule has 0 fully saturated rings. The van der Waals surface area contributed by atoms with E-state index in [0.29, 0.717) is 24.7 Å². The van der Waals surface area contributed by atoms with E-state index in [9.17, 15) is 0 Å². The van der Waals surface area contributed by atoms with E-state index >= 15 is 0 Å². The molecule has 0 unspecified atom stereocenters. The van der Waals surface area contributed by atoms with Crippen molar-refractivity contribution in [2.45, 2.75) is 13.0 Å². The van der Waals surface area contributed by atoms with Gasteiger partial charge in [-0.25, -0.2) is 4.99 Å². The van der Waals surface area contributed by atoms with Crippen LogP contribution in [0, 0.1) is 0 Å². The number of nitrogens with two attached hydrogens (primary N) is 1. The molecule has 2 aromatic carbocycles. The molecule has 0 aromatic heterocycles. The zero-order valence-corrected chi connectivity index (χ0v) is 16.8. The van der Waals surface area contributed by atoms with Crippen LogP contribution in [0.1, 0.15) is 11.1 Å². The summed E-state index contributed by atoms with van der Waals surface area (Å²) in [7, 11) is 3.25. The Labute approximate surface area is 166 Å². The number of methoxy groups -OCH3 is 2. The number of halogens is 1. The quantitative estimate of drug-likeness (QED) is 0.288. The summed E-state index contributed by atoms with van der Waals surface area (Å²) < 4.78 is 10.8. The van der Waals surface area contributed by atoms with Crippen LogP contribution in [0.4, 0.5) is 5.69 Å². The maximum absolute atomic E-state index is 5.94. The predicted octanol–water partition coefficient (Wildman–Crippen LogP) is 3.98. The molecule has 0 aliphatic carbocycles. The number of rotatable bonds is 7. The number of benzene rings is 2. The van der Waals surface area contributed by atoms with Crippen LogP contribution < -0.4 is 20.5 Å². The van der Waals surface area contributed by atoms with E-state index in [-0.39, 0.29) is 24.0 Å². The van der Waals surface area contributed by atoms with Gasteiger partial charge in [0.25, 0.3) is 0 Å². The molecule has 0 aliphatic rings. The van der Waals surface area contributed by atoms with Gasteiger partial charge in [0, 0.05) is 11.3 Å². The van der Waals surface area contributed by atoms with Crippen molar-refractivity contribution in [1.82, 2.24) is 0 Å². The van der Waals surface area contributed by atoms with Crippen LogP contribution in [0.5, 0.6) is 11.5 Å². The Hall–Kier alpha value is -2.22. The third kappa shape index (κ3) is 5.97. The summed E-state index contributed by atoms with van der Waals surface area (Å²) >= 11 is 0. The lowest BCUT2D eigenvalue weighted by Gasteiger charge is -2.14. The van der Waals surface area contributed by atoms with E-state index in [1.165, 1.54) is 0 Å². The van der Waals surface area contributed by atoms with Gasteiger partial charge in [0.05, 0.1) is 20.8 Å². The van der Waals surface area contributed by atoms with E-state index in [4.69, 9.17) is 15.2 Å². The van der Waals surface area contributed by atoms with Gasteiger partial charge in [-0.05, 0) is 36.2 Å². The van der Waals surface area contributed by atoms with Crippen molar-refractivity contribution >= 4 is 35.6 Å². The lowest BCUT2D eigenvalue weighted by atomic mass is 10.1. The summed E-state index contributed by atoms with van der Waals surface area (Å²) in [4.78, 5) is 4.38. The van der Waals surface area contributed by atoms with E-state index in [1.54, 1.807) is 14.2 Å². The highest BCUT2D eigenvalue weighted by Crippen LogP contribution is 2.33. The van der Waals surface area contributed by atoms with Gasteiger partial charge < -0.3 is 20.5 Å². The number of para-hydroxylation sites is 1. The maximum atomic E-state index is 5.94. The van der Waals surface area contributed by atoms with Crippen LogP contribution in [-0.4, -0.2) is 20.2 Å². The van der Waals surface area contributed by atoms with Crippen molar-refractivity contribution in [2.24, 2.45) is 10.7 Å². The van der Waals surface area contributed by atoms with E-state index in [1.807, 2.05) is 48.5 Å². The van der Waals surface area contributed by atoms with E-state index < -0.39 is 0 Å². The summed E-state index contributed by atoms with van der Waals surface area (Å²) in [6.45, 7) is 4.22. The number of nitrogens with one attached hydrogen (secondary N) is 1. The number of aliphatic imine (C=N–C) groups is 1. The Balaban J connectivity index is 0.00000312.